The number of benzene rings is 5. The highest BCUT2D eigenvalue weighted by Gasteiger charge is 2.21. The second-order valence-corrected chi connectivity index (χ2v) is 8.59. The van der Waals surface area contributed by atoms with Crippen molar-refractivity contribution in [3.63, 3.8) is 0 Å². The monoisotopic (exact) mass is 445 g/mol. The third-order valence-electron chi connectivity index (χ3n) is 6.47. The molecule has 1 amide bonds. The Morgan fingerprint density at radius 1 is 0.735 bits per heavy atom. The summed E-state index contributed by atoms with van der Waals surface area (Å²) in [6.07, 6.45) is 0. The van der Waals surface area contributed by atoms with Crippen LogP contribution < -0.4 is 10.1 Å². The summed E-state index contributed by atoms with van der Waals surface area (Å²) in [7, 11) is 1.68. The molecule has 0 aliphatic carbocycles. The highest BCUT2D eigenvalue weighted by molar-refractivity contribution is 6.15. The summed E-state index contributed by atoms with van der Waals surface area (Å²) in [4.78, 5) is 13.6. The summed E-state index contributed by atoms with van der Waals surface area (Å²) >= 11 is 0. The summed E-state index contributed by atoms with van der Waals surface area (Å²) in [6, 6.07) is 34.7. The van der Waals surface area contributed by atoms with Crippen LogP contribution >= 0.6 is 0 Å². The molecular weight excluding hydrogens is 418 g/mol. The standard InChI is InChI=1S/C31H27NO2/c1-21(22-10-4-3-5-11-22)20-32-31(33)27-18-16-23-12-6-8-14-25(23)29(27)30-26-15-9-7-13-24(26)17-19-28(30)34-2/h3-19,21H,20H2,1-2H3,(H,32,33)/t21-/m0/s1. The molecule has 5 aromatic carbocycles. The van der Waals surface area contributed by atoms with Crippen LogP contribution in [0, 0.1) is 0 Å². The number of hydrogen-bond donors (Lipinski definition) is 1. The zero-order chi connectivity index (χ0) is 23.5. The molecule has 0 saturated heterocycles. The summed E-state index contributed by atoms with van der Waals surface area (Å²) in [5.74, 6) is 0.876. The number of nitrogens with one attached hydrogen (secondary N) is 1. The van der Waals surface area contributed by atoms with E-state index in [0.717, 1.165) is 38.4 Å². The van der Waals surface area contributed by atoms with Crippen LogP contribution in [0.15, 0.2) is 103 Å². The van der Waals surface area contributed by atoms with Crippen molar-refractivity contribution in [1.29, 1.82) is 0 Å². The zero-order valence-electron chi connectivity index (χ0n) is 19.4. The first-order chi connectivity index (χ1) is 16.7. The molecule has 0 aliphatic rings. The second kappa shape index (κ2) is 9.40. The van der Waals surface area contributed by atoms with Gasteiger partial charge in [-0.25, -0.2) is 0 Å². The van der Waals surface area contributed by atoms with Gasteiger partial charge in [0, 0.05) is 23.2 Å². The van der Waals surface area contributed by atoms with Crippen LogP contribution in [0.25, 0.3) is 32.7 Å². The van der Waals surface area contributed by atoms with Gasteiger partial charge < -0.3 is 10.1 Å². The molecule has 0 aromatic heterocycles. The molecule has 0 bridgehead atoms. The molecule has 5 rings (SSSR count). The Hall–Kier alpha value is -4.11. The lowest BCUT2D eigenvalue weighted by Crippen LogP contribution is -2.28. The van der Waals surface area contributed by atoms with Gasteiger partial charge in [0.2, 0.25) is 0 Å². The van der Waals surface area contributed by atoms with Crippen LogP contribution in [0.2, 0.25) is 0 Å². The molecule has 3 heteroatoms. The Balaban J connectivity index is 1.64. The minimum Gasteiger partial charge on any atom is -0.496 e. The fourth-order valence-electron chi connectivity index (χ4n) is 4.65. The molecule has 0 aliphatic heterocycles. The van der Waals surface area contributed by atoms with E-state index in [4.69, 9.17) is 4.74 Å². The van der Waals surface area contributed by atoms with Crippen LogP contribution in [0.4, 0.5) is 0 Å². The minimum absolute atomic E-state index is 0.0847. The molecule has 0 radical (unpaired) electrons. The van der Waals surface area contributed by atoms with Crippen molar-refractivity contribution >= 4 is 27.5 Å². The molecule has 0 unspecified atom stereocenters. The highest BCUT2D eigenvalue weighted by Crippen LogP contribution is 2.42. The van der Waals surface area contributed by atoms with Gasteiger partial charge in [0.1, 0.15) is 5.75 Å². The quantitative estimate of drug-likeness (QED) is 0.300. The van der Waals surface area contributed by atoms with Crippen molar-refractivity contribution in [1.82, 2.24) is 5.32 Å². The molecule has 168 valence electrons. The maximum Gasteiger partial charge on any atom is 0.251 e. The molecule has 3 nitrogen and oxygen atoms in total. The van der Waals surface area contributed by atoms with Gasteiger partial charge in [-0.2, -0.15) is 0 Å². The predicted octanol–water partition coefficient (Wildman–Crippen LogP) is 7.20. The lowest BCUT2D eigenvalue weighted by atomic mass is 9.89. The SMILES string of the molecule is COc1ccc2ccccc2c1-c1c(C(=O)NC[C@H](C)c2ccccc2)ccc2ccccc12. The third-order valence-corrected chi connectivity index (χ3v) is 6.47. The van der Waals surface area contributed by atoms with E-state index >= 15 is 0 Å². The summed E-state index contributed by atoms with van der Waals surface area (Å²) in [6.45, 7) is 2.69. The maximum absolute atomic E-state index is 13.6. The van der Waals surface area contributed by atoms with Gasteiger partial charge in [0.05, 0.1) is 7.11 Å². The zero-order valence-corrected chi connectivity index (χ0v) is 19.4. The van der Waals surface area contributed by atoms with Gasteiger partial charge in [-0.05, 0) is 45.2 Å². The number of carbonyl (C=O) groups excluding carboxylic acids is 1. The van der Waals surface area contributed by atoms with E-state index in [0.29, 0.717) is 12.1 Å². The normalized spacial score (nSPS) is 11.9. The van der Waals surface area contributed by atoms with E-state index in [1.54, 1.807) is 7.11 Å². The number of rotatable bonds is 6. The second-order valence-electron chi connectivity index (χ2n) is 8.59. The molecule has 34 heavy (non-hydrogen) atoms. The average Bonchev–Trinajstić information content (AvgIpc) is 2.90. The summed E-state index contributed by atoms with van der Waals surface area (Å²) in [5.41, 5.74) is 3.70. The van der Waals surface area contributed by atoms with E-state index in [2.05, 4.69) is 54.7 Å². The van der Waals surface area contributed by atoms with E-state index in [-0.39, 0.29) is 11.8 Å². The van der Waals surface area contributed by atoms with Crippen molar-refractivity contribution in [2.45, 2.75) is 12.8 Å². The lowest BCUT2D eigenvalue weighted by molar-refractivity contribution is 0.0952. The Bertz CT molecular complexity index is 1470. The van der Waals surface area contributed by atoms with Gasteiger partial charge in [0.15, 0.2) is 0 Å². The van der Waals surface area contributed by atoms with Gasteiger partial charge in [0.25, 0.3) is 5.91 Å². The molecule has 0 heterocycles. The third kappa shape index (κ3) is 4.01. The van der Waals surface area contributed by atoms with Crippen molar-refractivity contribution < 1.29 is 9.53 Å². The largest absolute Gasteiger partial charge is 0.496 e. The minimum atomic E-state index is -0.0847. The first kappa shape index (κ1) is 21.7. The average molecular weight is 446 g/mol. The van der Waals surface area contributed by atoms with Gasteiger partial charge >= 0.3 is 0 Å². The molecule has 0 spiro atoms. The topological polar surface area (TPSA) is 38.3 Å². The number of fused-ring (bicyclic) bond motifs is 2. The molecule has 1 N–H and O–H groups in total. The van der Waals surface area contributed by atoms with Gasteiger partial charge in [-0.15, -0.1) is 0 Å². The fraction of sp³-hybridized carbons (Fsp3) is 0.129. The fourth-order valence-corrected chi connectivity index (χ4v) is 4.65. The van der Waals surface area contributed by atoms with Gasteiger partial charge in [-0.1, -0.05) is 97.9 Å². The van der Waals surface area contributed by atoms with Gasteiger partial charge in [-0.3, -0.25) is 4.79 Å². The van der Waals surface area contributed by atoms with Crippen molar-refractivity contribution in [2.24, 2.45) is 0 Å². The molecule has 5 aromatic rings. The smallest absolute Gasteiger partial charge is 0.251 e. The van der Waals surface area contributed by atoms with Crippen molar-refractivity contribution in [3.8, 4) is 16.9 Å². The Morgan fingerprint density at radius 2 is 1.32 bits per heavy atom. The Labute approximate surface area is 200 Å². The summed E-state index contributed by atoms with van der Waals surface area (Å²) < 4.78 is 5.82. The summed E-state index contributed by atoms with van der Waals surface area (Å²) in [5, 5.41) is 7.46. The Kier molecular flexibility index (Phi) is 6.01. The number of ether oxygens (including phenoxy) is 1. The number of amides is 1. The van der Waals surface area contributed by atoms with E-state index < -0.39 is 0 Å². The number of carbonyl (C=O) groups is 1. The molecule has 0 saturated carbocycles. The van der Waals surface area contributed by atoms with Crippen LogP contribution in [-0.2, 0) is 0 Å². The molecular formula is C31H27NO2. The predicted molar refractivity (Wildman–Crippen MR) is 141 cm³/mol. The molecule has 0 fully saturated rings. The van der Waals surface area contributed by atoms with Crippen molar-refractivity contribution in [3.05, 3.63) is 114 Å². The van der Waals surface area contributed by atoms with Crippen LogP contribution in [0.1, 0.15) is 28.8 Å². The van der Waals surface area contributed by atoms with Crippen LogP contribution in [-0.4, -0.2) is 19.6 Å². The van der Waals surface area contributed by atoms with E-state index in [9.17, 15) is 4.79 Å². The maximum atomic E-state index is 13.6. The molecule has 1 atom stereocenters. The number of methoxy groups -OCH3 is 1. The highest BCUT2D eigenvalue weighted by atomic mass is 16.5. The van der Waals surface area contributed by atoms with E-state index in [1.165, 1.54) is 5.56 Å². The van der Waals surface area contributed by atoms with Crippen LogP contribution in [0.3, 0.4) is 0 Å². The first-order valence-corrected chi connectivity index (χ1v) is 11.6. The van der Waals surface area contributed by atoms with E-state index in [1.807, 2.05) is 60.7 Å². The lowest BCUT2D eigenvalue weighted by Gasteiger charge is -2.19. The van der Waals surface area contributed by atoms with Crippen molar-refractivity contribution in [2.75, 3.05) is 13.7 Å². The number of hydrogen-bond acceptors (Lipinski definition) is 2. The van der Waals surface area contributed by atoms with Crippen LogP contribution in [0.5, 0.6) is 5.75 Å². The Morgan fingerprint density at radius 3 is 2.00 bits per heavy atom. The first-order valence-electron chi connectivity index (χ1n) is 11.6.